The third kappa shape index (κ3) is 4.50. The van der Waals surface area contributed by atoms with Gasteiger partial charge in [0.1, 0.15) is 5.82 Å². The van der Waals surface area contributed by atoms with Crippen molar-refractivity contribution in [3.63, 3.8) is 0 Å². The first kappa shape index (κ1) is 16.9. The van der Waals surface area contributed by atoms with Gasteiger partial charge in [0, 0.05) is 23.0 Å². The highest BCUT2D eigenvalue weighted by Crippen LogP contribution is 2.19. The van der Waals surface area contributed by atoms with E-state index in [0.29, 0.717) is 24.4 Å². The van der Waals surface area contributed by atoms with Gasteiger partial charge in [0.2, 0.25) is 5.91 Å². The molecule has 1 atom stereocenters. The number of rotatable bonds is 6. The maximum atomic E-state index is 12.0. The van der Waals surface area contributed by atoms with Crippen molar-refractivity contribution in [1.29, 1.82) is 0 Å². The van der Waals surface area contributed by atoms with Gasteiger partial charge in [-0.3, -0.25) is 9.59 Å². The highest BCUT2D eigenvalue weighted by molar-refractivity contribution is 5.95. The lowest BCUT2D eigenvalue weighted by molar-refractivity contribution is -0.117. The molecule has 0 spiro atoms. The summed E-state index contributed by atoms with van der Waals surface area (Å²) >= 11 is 0. The van der Waals surface area contributed by atoms with Gasteiger partial charge in [-0.1, -0.05) is 32.4 Å². The number of benzene rings is 1. The van der Waals surface area contributed by atoms with Crippen LogP contribution in [0.25, 0.3) is 11.4 Å². The van der Waals surface area contributed by atoms with E-state index in [1.165, 1.54) is 6.07 Å². The summed E-state index contributed by atoms with van der Waals surface area (Å²) in [5.74, 6) is 0.274. The highest BCUT2D eigenvalue weighted by Gasteiger charge is 2.13. The number of hydrogen-bond donors (Lipinski definition) is 3. The van der Waals surface area contributed by atoms with Gasteiger partial charge in [0.25, 0.3) is 5.56 Å². The molecule has 2 rings (SSSR count). The maximum Gasteiger partial charge on any atom is 0.251 e. The Balaban J connectivity index is 2.25. The van der Waals surface area contributed by atoms with Crippen molar-refractivity contribution >= 4 is 11.6 Å². The number of carbonyl (C=O) groups excluding carboxylic acids is 1. The number of nitrogens with one attached hydrogen (secondary N) is 2. The molecule has 0 bridgehead atoms. The summed E-state index contributed by atoms with van der Waals surface area (Å²) in [5.41, 5.74) is 7.71. The number of H-pyrrole nitrogens is 1. The van der Waals surface area contributed by atoms with E-state index in [2.05, 4.69) is 15.3 Å². The van der Waals surface area contributed by atoms with Gasteiger partial charge < -0.3 is 16.0 Å². The Labute approximate surface area is 135 Å². The second-order valence-electron chi connectivity index (χ2n) is 5.40. The van der Waals surface area contributed by atoms with Gasteiger partial charge in [-0.25, -0.2) is 4.98 Å². The Morgan fingerprint density at radius 3 is 2.83 bits per heavy atom. The molecule has 23 heavy (non-hydrogen) atoms. The minimum absolute atomic E-state index is 0.189. The number of amides is 1. The van der Waals surface area contributed by atoms with Crippen molar-refractivity contribution in [3.05, 3.63) is 46.4 Å². The van der Waals surface area contributed by atoms with Crippen LogP contribution in [0.2, 0.25) is 0 Å². The van der Waals surface area contributed by atoms with Crippen LogP contribution in [0.5, 0.6) is 0 Å². The predicted octanol–water partition coefficient (Wildman–Crippen LogP) is 2.07. The van der Waals surface area contributed by atoms with Gasteiger partial charge in [0.15, 0.2) is 0 Å². The molecule has 1 aromatic carbocycles. The highest BCUT2D eigenvalue weighted by atomic mass is 16.2. The fraction of sp³-hybridized carbons (Fsp3) is 0.353. The van der Waals surface area contributed by atoms with Gasteiger partial charge in [-0.05, 0) is 25.0 Å². The number of nitrogens with two attached hydrogens (primary N) is 1. The lowest BCUT2D eigenvalue weighted by Crippen LogP contribution is -2.35. The maximum absolute atomic E-state index is 12.0. The quantitative estimate of drug-likeness (QED) is 0.759. The third-order valence-electron chi connectivity index (χ3n) is 3.50. The summed E-state index contributed by atoms with van der Waals surface area (Å²) < 4.78 is 0. The molecule has 2 aromatic rings. The van der Waals surface area contributed by atoms with Crippen LogP contribution in [-0.4, -0.2) is 21.9 Å². The molecule has 6 nitrogen and oxygen atoms in total. The molecule has 1 aromatic heterocycles. The number of carbonyl (C=O) groups is 1. The van der Waals surface area contributed by atoms with E-state index in [1.807, 2.05) is 19.9 Å². The standard InChI is InChI=1S/C17H22N4O2/c1-3-6-14(18)17(23)20-13-8-5-7-11(9-13)16-19-12(4-2)10-15(22)21-16/h5,7-10,14H,3-4,6,18H2,1-2H3,(H,20,23)(H,19,21,22). The fourth-order valence-electron chi connectivity index (χ4n) is 2.25. The Hall–Kier alpha value is -2.47. The Morgan fingerprint density at radius 2 is 2.13 bits per heavy atom. The third-order valence-corrected chi connectivity index (χ3v) is 3.50. The van der Waals surface area contributed by atoms with E-state index in [-0.39, 0.29) is 11.5 Å². The summed E-state index contributed by atoms with van der Waals surface area (Å²) in [6, 6.07) is 8.15. The summed E-state index contributed by atoms with van der Waals surface area (Å²) in [6.07, 6.45) is 2.17. The first-order chi connectivity index (χ1) is 11.0. The number of nitrogens with zero attached hydrogens (tertiary/aromatic N) is 1. The van der Waals surface area contributed by atoms with Crippen LogP contribution in [0, 0.1) is 0 Å². The van der Waals surface area contributed by atoms with Crippen molar-refractivity contribution in [2.24, 2.45) is 5.73 Å². The van der Waals surface area contributed by atoms with Gasteiger partial charge in [-0.2, -0.15) is 0 Å². The van der Waals surface area contributed by atoms with E-state index in [4.69, 9.17) is 5.73 Å². The average Bonchev–Trinajstić information content (AvgIpc) is 2.54. The van der Waals surface area contributed by atoms with Gasteiger partial charge in [-0.15, -0.1) is 0 Å². The molecular formula is C17H22N4O2. The molecule has 0 aliphatic heterocycles. The van der Waals surface area contributed by atoms with Crippen molar-refractivity contribution in [1.82, 2.24) is 9.97 Å². The van der Waals surface area contributed by atoms with Crippen LogP contribution < -0.4 is 16.6 Å². The topological polar surface area (TPSA) is 101 Å². The molecule has 1 unspecified atom stereocenters. The lowest BCUT2D eigenvalue weighted by Gasteiger charge is -2.12. The smallest absolute Gasteiger partial charge is 0.251 e. The first-order valence-electron chi connectivity index (χ1n) is 7.80. The summed E-state index contributed by atoms with van der Waals surface area (Å²) in [5, 5.41) is 2.80. The molecule has 122 valence electrons. The van der Waals surface area contributed by atoms with E-state index in [9.17, 15) is 9.59 Å². The van der Waals surface area contributed by atoms with Crippen molar-refractivity contribution in [2.75, 3.05) is 5.32 Å². The Kier molecular flexibility index (Phi) is 5.65. The summed E-state index contributed by atoms with van der Waals surface area (Å²) in [7, 11) is 0. The molecule has 1 heterocycles. The predicted molar refractivity (Wildman–Crippen MR) is 91.2 cm³/mol. The minimum atomic E-state index is -0.523. The van der Waals surface area contributed by atoms with Crippen molar-refractivity contribution in [3.8, 4) is 11.4 Å². The van der Waals surface area contributed by atoms with Crippen molar-refractivity contribution in [2.45, 2.75) is 39.2 Å². The molecule has 0 saturated carbocycles. The molecule has 6 heteroatoms. The number of hydrogen-bond acceptors (Lipinski definition) is 4. The van der Waals surface area contributed by atoms with Crippen LogP contribution in [-0.2, 0) is 11.2 Å². The number of anilines is 1. The van der Waals surface area contributed by atoms with Gasteiger partial charge >= 0.3 is 0 Å². The van der Waals surface area contributed by atoms with E-state index < -0.39 is 6.04 Å². The van der Waals surface area contributed by atoms with Crippen LogP contribution in [0.4, 0.5) is 5.69 Å². The molecule has 4 N–H and O–H groups in total. The molecular weight excluding hydrogens is 292 g/mol. The minimum Gasteiger partial charge on any atom is -0.325 e. The molecule has 0 fully saturated rings. The van der Waals surface area contributed by atoms with Crippen LogP contribution in [0.1, 0.15) is 32.4 Å². The largest absolute Gasteiger partial charge is 0.325 e. The zero-order valence-electron chi connectivity index (χ0n) is 13.4. The zero-order valence-corrected chi connectivity index (χ0v) is 13.4. The molecule has 0 saturated heterocycles. The molecule has 0 aliphatic carbocycles. The normalized spacial score (nSPS) is 12.0. The summed E-state index contributed by atoms with van der Waals surface area (Å²) in [6.45, 7) is 3.92. The molecule has 0 radical (unpaired) electrons. The second-order valence-corrected chi connectivity index (χ2v) is 5.40. The number of aromatic nitrogens is 2. The average molecular weight is 314 g/mol. The fourth-order valence-corrected chi connectivity index (χ4v) is 2.25. The second kappa shape index (κ2) is 7.69. The van der Waals surface area contributed by atoms with Crippen LogP contribution >= 0.6 is 0 Å². The zero-order chi connectivity index (χ0) is 16.8. The Morgan fingerprint density at radius 1 is 1.35 bits per heavy atom. The lowest BCUT2D eigenvalue weighted by atomic mass is 10.1. The molecule has 0 aliphatic rings. The SMILES string of the molecule is CCCC(N)C(=O)Nc1cccc(-c2nc(CC)cc(=O)[nH]2)c1. The molecule has 1 amide bonds. The number of aryl methyl sites for hydroxylation is 1. The Bertz CT molecular complexity index is 739. The van der Waals surface area contributed by atoms with Crippen LogP contribution in [0.3, 0.4) is 0 Å². The van der Waals surface area contributed by atoms with E-state index in [0.717, 1.165) is 17.7 Å². The van der Waals surface area contributed by atoms with E-state index in [1.54, 1.807) is 18.2 Å². The van der Waals surface area contributed by atoms with E-state index >= 15 is 0 Å². The summed E-state index contributed by atoms with van der Waals surface area (Å²) in [4.78, 5) is 30.8. The van der Waals surface area contributed by atoms with Crippen LogP contribution in [0.15, 0.2) is 35.1 Å². The number of aromatic amines is 1. The first-order valence-corrected chi connectivity index (χ1v) is 7.80. The van der Waals surface area contributed by atoms with Crippen molar-refractivity contribution < 1.29 is 4.79 Å². The monoisotopic (exact) mass is 314 g/mol. The van der Waals surface area contributed by atoms with Gasteiger partial charge in [0.05, 0.1) is 6.04 Å².